The van der Waals surface area contributed by atoms with E-state index in [1.165, 1.54) is 33.0 Å². The van der Waals surface area contributed by atoms with E-state index < -0.39 is 0 Å². The maximum atomic E-state index is 14.1. The molecule has 1 aliphatic carbocycles. The van der Waals surface area contributed by atoms with E-state index in [4.69, 9.17) is 0 Å². The van der Waals surface area contributed by atoms with Crippen molar-refractivity contribution in [2.75, 3.05) is 0 Å². The minimum atomic E-state index is 0.135. The Morgan fingerprint density at radius 3 is 1.02 bits per heavy atom. The highest BCUT2D eigenvalue weighted by atomic mass is 16.1. The molecule has 0 spiro atoms. The van der Waals surface area contributed by atoms with Gasteiger partial charge in [-0.2, -0.15) is 0 Å². The molecule has 0 fully saturated rings. The summed E-state index contributed by atoms with van der Waals surface area (Å²) >= 11 is 0. The fourth-order valence-corrected chi connectivity index (χ4v) is 6.31. The summed E-state index contributed by atoms with van der Waals surface area (Å²) in [7, 11) is 0. The Morgan fingerprint density at radius 2 is 0.667 bits per heavy atom. The van der Waals surface area contributed by atoms with Crippen molar-refractivity contribution in [3.63, 3.8) is 0 Å². The molecule has 1 aliphatic rings. The van der Waals surface area contributed by atoms with E-state index in [2.05, 4.69) is 147 Å². The van der Waals surface area contributed by atoms with Gasteiger partial charge in [0.2, 0.25) is 0 Å². The normalized spacial score (nSPS) is 13.5. The lowest BCUT2D eigenvalue weighted by Gasteiger charge is -2.21. The van der Waals surface area contributed by atoms with Gasteiger partial charge in [0.15, 0.2) is 5.78 Å². The molecular weight excluding hydrogens is 508 g/mol. The van der Waals surface area contributed by atoms with Crippen LogP contribution in [0.5, 0.6) is 0 Å². The monoisotopic (exact) mass is 540 g/mol. The van der Waals surface area contributed by atoms with Gasteiger partial charge < -0.3 is 0 Å². The molecule has 0 atom stereocenters. The summed E-state index contributed by atoms with van der Waals surface area (Å²) in [5.74, 6) is 1.85. The van der Waals surface area contributed by atoms with Crippen LogP contribution < -0.4 is 0 Å². The van der Waals surface area contributed by atoms with Gasteiger partial charge in [0.1, 0.15) is 0 Å². The summed E-state index contributed by atoms with van der Waals surface area (Å²) in [6.07, 6.45) is 1.34. The van der Waals surface area contributed by atoms with Crippen LogP contribution in [0, 0.1) is 11.8 Å². The summed E-state index contributed by atoms with van der Waals surface area (Å²) in [5, 5.41) is 2.45. The smallest absolute Gasteiger partial charge is 0.156 e. The first kappa shape index (κ1) is 26.2. The molecule has 6 aromatic carbocycles. The zero-order valence-electron chi connectivity index (χ0n) is 24.0. The van der Waals surface area contributed by atoms with Crippen LogP contribution in [-0.2, 0) is 4.79 Å². The SMILES string of the molecule is CC[C]1C(=O)[C](CC)c2cccc(c2)-c2cccc(c2)-c2ccc3ccc(cc3c2)-c2cccc(c2)-c2cccc1c2. The number of carbonyl (C=O) groups is 1. The van der Waals surface area contributed by atoms with Gasteiger partial charge in [0, 0.05) is 0 Å². The summed E-state index contributed by atoms with van der Waals surface area (Å²) < 4.78 is 0. The first-order chi connectivity index (χ1) is 20.6. The van der Waals surface area contributed by atoms with E-state index in [1.54, 1.807) is 0 Å². The number of carbonyl (C=O) groups excluding carboxylic acids is 1. The lowest BCUT2D eigenvalue weighted by molar-refractivity contribution is -0.115. The molecule has 0 N–H and O–H groups in total. The van der Waals surface area contributed by atoms with Crippen LogP contribution in [0.2, 0.25) is 0 Å². The van der Waals surface area contributed by atoms with Crippen LogP contribution in [0.3, 0.4) is 0 Å². The minimum absolute atomic E-state index is 0.135. The van der Waals surface area contributed by atoms with Gasteiger partial charge in [-0.1, -0.05) is 123 Å². The molecule has 11 bridgehead atoms. The Labute approximate surface area is 248 Å². The van der Waals surface area contributed by atoms with Crippen molar-refractivity contribution >= 4 is 16.6 Å². The van der Waals surface area contributed by atoms with Gasteiger partial charge in [-0.15, -0.1) is 0 Å². The van der Waals surface area contributed by atoms with Crippen molar-refractivity contribution in [2.24, 2.45) is 0 Å². The van der Waals surface area contributed by atoms with Crippen LogP contribution in [0.4, 0.5) is 0 Å². The zero-order chi connectivity index (χ0) is 28.6. The molecular formula is C41H32O. The Bertz CT molecular complexity index is 1810. The van der Waals surface area contributed by atoms with Gasteiger partial charge in [0.05, 0.1) is 11.8 Å². The summed E-state index contributed by atoms with van der Waals surface area (Å²) in [5.41, 5.74) is 11.2. The minimum Gasteiger partial charge on any atom is -0.298 e. The largest absolute Gasteiger partial charge is 0.298 e. The third kappa shape index (κ3) is 4.76. The van der Waals surface area contributed by atoms with Crippen molar-refractivity contribution in [3.8, 4) is 44.5 Å². The number of hydrogen-bond acceptors (Lipinski definition) is 1. The molecule has 1 nitrogen and oxygen atoms in total. The molecule has 0 saturated heterocycles. The van der Waals surface area contributed by atoms with Crippen molar-refractivity contribution in [1.82, 2.24) is 0 Å². The Hall–Kier alpha value is -4.75. The second-order valence-corrected chi connectivity index (χ2v) is 11.1. The number of rotatable bonds is 2. The summed E-state index contributed by atoms with van der Waals surface area (Å²) in [6, 6.07) is 47.8. The third-order valence-corrected chi connectivity index (χ3v) is 8.58. The van der Waals surface area contributed by atoms with E-state index in [9.17, 15) is 4.79 Å². The molecule has 2 radical (unpaired) electrons. The van der Waals surface area contributed by atoms with Crippen molar-refractivity contribution in [2.45, 2.75) is 26.7 Å². The highest BCUT2D eigenvalue weighted by Crippen LogP contribution is 2.36. The average Bonchev–Trinajstić information content (AvgIpc) is 3.05. The van der Waals surface area contributed by atoms with Crippen LogP contribution in [-0.4, -0.2) is 5.78 Å². The number of Topliss-reactive ketones (excluding diaryl/α,β-unsaturated/α-hetero) is 1. The van der Waals surface area contributed by atoms with Crippen molar-refractivity contribution in [1.29, 1.82) is 0 Å². The van der Waals surface area contributed by atoms with Crippen molar-refractivity contribution < 1.29 is 4.79 Å². The van der Waals surface area contributed by atoms with Gasteiger partial charge in [-0.05, 0) is 104 Å². The molecule has 7 rings (SSSR count). The fraction of sp³-hybridized carbons (Fsp3) is 0.0976. The molecule has 0 unspecified atom stereocenters. The van der Waals surface area contributed by atoms with E-state index in [0.717, 1.165) is 45.2 Å². The Morgan fingerprint density at radius 1 is 0.357 bits per heavy atom. The van der Waals surface area contributed by atoms with Crippen LogP contribution in [0.1, 0.15) is 37.8 Å². The molecule has 0 amide bonds. The zero-order valence-corrected chi connectivity index (χ0v) is 24.0. The number of benzene rings is 6. The standard InChI is InChI=1S/C41H32O/c1-3-39-36-15-7-13-32(23-36)28-9-5-11-30(21-28)34-19-17-27-18-20-35(26-38(27)25-34)31-12-6-10-29(22-31)33-14-8-16-37(24-33)40(4-2)41(39)42/h5-26H,3-4H2,1-2H3. The van der Waals surface area contributed by atoms with E-state index in [0.29, 0.717) is 12.8 Å². The summed E-state index contributed by atoms with van der Waals surface area (Å²) in [4.78, 5) is 14.1. The summed E-state index contributed by atoms with van der Waals surface area (Å²) in [6.45, 7) is 4.16. The van der Waals surface area contributed by atoms with Crippen LogP contribution in [0.15, 0.2) is 133 Å². The molecule has 42 heavy (non-hydrogen) atoms. The second kappa shape index (κ2) is 10.9. The topological polar surface area (TPSA) is 17.1 Å². The Kier molecular flexibility index (Phi) is 6.80. The van der Waals surface area contributed by atoms with E-state index in [-0.39, 0.29) is 5.78 Å². The fourth-order valence-electron chi connectivity index (χ4n) is 6.31. The van der Waals surface area contributed by atoms with Crippen molar-refractivity contribution in [3.05, 3.63) is 156 Å². The highest BCUT2D eigenvalue weighted by molar-refractivity contribution is 6.08. The molecule has 1 heteroatoms. The Balaban J connectivity index is 1.47. The quantitative estimate of drug-likeness (QED) is 0.213. The molecule has 202 valence electrons. The lowest BCUT2D eigenvalue weighted by Crippen LogP contribution is -2.21. The molecule has 0 aromatic heterocycles. The van der Waals surface area contributed by atoms with Gasteiger partial charge >= 0.3 is 0 Å². The predicted octanol–water partition coefficient (Wildman–Crippen LogP) is 10.8. The molecule has 0 aliphatic heterocycles. The maximum absolute atomic E-state index is 14.1. The second-order valence-electron chi connectivity index (χ2n) is 11.1. The number of ketones is 1. The van der Waals surface area contributed by atoms with Crippen LogP contribution >= 0.6 is 0 Å². The average molecular weight is 541 g/mol. The van der Waals surface area contributed by atoms with Gasteiger partial charge in [-0.3, -0.25) is 4.79 Å². The lowest BCUT2D eigenvalue weighted by atomic mass is 9.80. The highest BCUT2D eigenvalue weighted by Gasteiger charge is 2.29. The van der Waals surface area contributed by atoms with Gasteiger partial charge in [-0.25, -0.2) is 0 Å². The number of hydrogen-bond donors (Lipinski definition) is 0. The van der Waals surface area contributed by atoms with Gasteiger partial charge in [0.25, 0.3) is 0 Å². The molecule has 0 heterocycles. The predicted molar refractivity (Wildman–Crippen MR) is 176 cm³/mol. The van der Waals surface area contributed by atoms with E-state index >= 15 is 0 Å². The first-order valence-electron chi connectivity index (χ1n) is 14.8. The van der Waals surface area contributed by atoms with Crippen LogP contribution in [0.25, 0.3) is 55.3 Å². The third-order valence-electron chi connectivity index (χ3n) is 8.58. The number of fused-ring (bicyclic) bond motifs is 14. The molecule has 6 aromatic rings. The molecule has 0 saturated carbocycles. The maximum Gasteiger partial charge on any atom is 0.156 e. The van der Waals surface area contributed by atoms with E-state index in [1.807, 2.05) is 0 Å². The first-order valence-corrected chi connectivity index (χ1v) is 14.8.